The first-order valence-corrected chi connectivity index (χ1v) is 11.7. The third-order valence-corrected chi connectivity index (χ3v) is 6.29. The molecule has 0 bridgehead atoms. The molecular weight excluding hydrogens is 402 g/mol. The van der Waals surface area contributed by atoms with Crippen molar-refractivity contribution in [1.82, 2.24) is 14.5 Å². The van der Waals surface area contributed by atoms with Crippen molar-refractivity contribution in [2.75, 3.05) is 0 Å². The van der Waals surface area contributed by atoms with Crippen LogP contribution in [0.1, 0.15) is 47.4 Å². The lowest BCUT2D eigenvalue weighted by molar-refractivity contribution is 0.660. The van der Waals surface area contributed by atoms with E-state index >= 15 is 0 Å². The van der Waals surface area contributed by atoms with Crippen LogP contribution < -0.4 is 5.56 Å². The molecule has 4 aromatic rings. The molecular formula is C26H27N3OS. The summed E-state index contributed by atoms with van der Waals surface area (Å²) in [5.41, 5.74) is 5.30. The van der Waals surface area contributed by atoms with E-state index in [-0.39, 0.29) is 5.56 Å². The van der Waals surface area contributed by atoms with Crippen LogP contribution in [0.4, 0.5) is 0 Å². The zero-order chi connectivity index (χ0) is 21.6. The maximum atomic E-state index is 13.5. The van der Waals surface area contributed by atoms with Crippen molar-refractivity contribution in [1.29, 1.82) is 0 Å². The number of aromatic nitrogens is 3. The number of nitrogens with zero attached hydrogens (tertiary/aromatic N) is 3. The Labute approximate surface area is 187 Å². The van der Waals surface area contributed by atoms with Gasteiger partial charge in [-0.15, -0.1) is 11.3 Å². The molecule has 0 aliphatic carbocycles. The van der Waals surface area contributed by atoms with Gasteiger partial charge in [-0.1, -0.05) is 67.9 Å². The number of aryl methyl sites for hydroxylation is 2. The first-order chi connectivity index (χ1) is 15.2. The Morgan fingerprint density at radius 3 is 2.42 bits per heavy atom. The quantitative estimate of drug-likeness (QED) is 0.363. The first-order valence-electron chi connectivity index (χ1n) is 10.8. The summed E-state index contributed by atoms with van der Waals surface area (Å²) in [6, 6.07) is 18.8. The van der Waals surface area contributed by atoms with Gasteiger partial charge in [0.15, 0.2) is 0 Å². The van der Waals surface area contributed by atoms with Crippen molar-refractivity contribution in [3.8, 4) is 11.1 Å². The highest BCUT2D eigenvalue weighted by molar-refractivity contribution is 7.09. The SMILES string of the molecule is CCCCc1nc(C)n(Cc2nccs2)c(=O)c1Cc1ccc(-c2ccccc2)cc1. The summed E-state index contributed by atoms with van der Waals surface area (Å²) in [5.74, 6) is 0.759. The molecule has 0 amide bonds. The van der Waals surface area contributed by atoms with Crippen LogP contribution in [0.5, 0.6) is 0 Å². The van der Waals surface area contributed by atoms with Gasteiger partial charge in [-0.25, -0.2) is 9.97 Å². The van der Waals surface area contributed by atoms with Gasteiger partial charge in [0.2, 0.25) is 0 Å². The monoisotopic (exact) mass is 429 g/mol. The van der Waals surface area contributed by atoms with Crippen molar-refractivity contribution >= 4 is 11.3 Å². The molecule has 4 rings (SSSR count). The molecule has 31 heavy (non-hydrogen) atoms. The summed E-state index contributed by atoms with van der Waals surface area (Å²) in [4.78, 5) is 22.7. The van der Waals surface area contributed by atoms with Crippen LogP contribution in [-0.2, 0) is 19.4 Å². The number of hydrogen-bond acceptors (Lipinski definition) is 4. The van der Waals surface area contributed by atoms with E-state index in [2.05, 4.69) is 48.3 Å². The Bertz CT molecular complexity index is 1180. The third-order valence-electron chi connectivity index (χ3n) is 5.52. The zero-order valence-electron chi connectivity index (χ0n) is 18.0. The highest BCUT2D eigenvalue weighted by atomic mass is 32.1. The molecule has 0 saturated heterocycles. The van der Waals surface area contributed by atoms with E-state index in [1.54, 1.807) is 22.1 Å². The van der Waals surface area contributed by atoms with Crippen LogP contribution in [0.3, 0.4) is 0 Å². The van der Waals surface area contributed by atoms with E-state index in [9.17, 15) is 4.79 Å². The summed E-state index contributed by atoms with van der Waals surface area (Å²) in [6.07, 6.45) is 5.31. The molecule has 0 spiro atoms. The highest BCUT2D eigenvalue weighted by Gasteiger charge is 2.16. The van der Waals surface area contributed by atoms with Crippen molar-refractivity contribution < 1.29 is 0 Å². The average molecular weight is 430 g/mol. The molecule has 0 aliphatic rings. The number of benzene rings is 2. The molecule has 0 unspecified atom stereocenters. The van der Waals surface area contributed by atoms with Gasteiger partial charge >= 0.3 is 0 Å². The molecule has 2 aromatic carbocycles. The van der Waals surface area contributed by atoms with Gasteiger partial charge in [0.1, 0.15) is 10.8 Å². The fraction of sp³-hybridized carbons (Fsp3) is 0.269. The smallest absolute Gasteiger partial charge is 0.257 e. The second-order valence-electron chi connectivity index (χ2n) is 7.74. The number of hydrogen-bond donors (Lipinski definition) is 0. The van der Waals surface area contributed by atoms with Crippen LogP contribution >= 0.6 is 11.3 Å². The Morgan fingerprint density at radius 1 is 1.00 bits per heavy atom. The fourth-order valence-corrected chi connectivity index (χ4v) is 4.39. The van der Waals surface area contributed by atoms with Crippen LogP contribution in [-0.4, -0.2) is 14.5 Å². The first kappa shape index (κ1) is 21.2. The van der Waals surface area contributed by atoms with Crippen molar-refractivity contribution in [2.24, 2.45) is 0 Å². The van der Waals surface area contributed by atoms with Gasteiger partial charge in [-0.3, -0.25) is 9.36 Å². The van der Waals surface area contributed by atoms with Crippen molar-refractivity contribution in [2.45, 2.75) is 46.1 Å². The number of rotatable bonds is 8. The lowest BCUT2D eigenvalue weighted by atomic mass is 9.99. The summed E-state index contributed by atoms with van der Waals surface area (Å²) < 4.78 is 1.77. The van der Waals surface area contributed by atoms with Gasteiger partial charge in [-0.05, 0) is 36.5 Å². The minimum absolute atomic E-state index is 0.0564. The van der Waals surface area contributed by atoms with Gasteiger partial charge in [-0.2, -0.15) is 0 Å². The van der Waals surface area contributed by atoms with Crippen LogP contribution in [0, 0.1) is 6.92 Å². The Balaban J connectivity index is 1.67. The molecule has 0 fully saturated rings. The summed E-state index contributed by atoms with van der Waals surface area (Å²) in [7, 11) is 0. The molecule has 0 atom stereocenters. The highest BCUT2D eigenvalue weighted by Crippen LogP contribution is 2.21. The Morgan fingerprint density at radius 2 is 1.74 bits per heavy atom. The largest absolute Gasteiger partial charge is 0.290 e. The Hall–Kier alpha value is -3.05. The molecule has 2 aromatic heterocycles. The molecule has 158 valence electrons. The van der Waals surface area contributed by atoms with E-state index in [1.807, 2.05) is 30.5 Å². The third kappa shape index (κ3) is 5.00. The van der Waals surface area contributed by atoms with Gasteiger partial charge in [0.25, 0.3) is 5.56 Å². The lowest BCUT2D eigenvalue weighted by Crippen LogP contribution is -2.30. The van der Waals surface area contributed by atoms with Gasteiger partial charge in [0, 0.05) is 23.6 Å². The molecule has 0 N–H and O–H groups in total. The summed E-state index contributed by atoms with van der Waals surface area (Å²) in [5, 5.41) is 2.86. The van der Waals surface area contributed by atoms with E-state index in [4.69, 9.17) is 4.98 Å². The van der Waals surface area contributed by atoms with E-state index in [0.717, 1.165) is 46.9 Å². The molecule has 4 nitrogen and oxygen atoms in total. The van der Waals surface area contributed by atoms with Crippen molar-refractivity contribution in [3.05, 3.63) is 104 Å². The second-order valence-corrected chi connectivity index (χ2v) is 8.72. The summed E-state index contributed by atoms with van der Waals surface area (Å²) >= 11 is 1.56. The molecule has 0 aliphatic heterocycles. The summed E-state index contributed by atoms with van der Waals surface area (Å²) in [6.45, 7) is 4.56. The van der Waals surface area contributed by atoms with E-state index < -0.39 is 0 Å². The van der Waals surface area contributed by atoms with Crippen LogP contribution in [0.15, 0.2) is 71.0 Å². The molecule has 0 saturated carbocycles. The topological polar surface area (TPSA) is 47.8 Å². The van der Waals surface area contributed by atoms with E-state index in [1.165, 1.54) is 11.1 Å². The predicted molar refractivity (Wildman–Crippen MR) is 128 cm³/mol. The second kappa shape index (κ2) is 9.84. The average Bonchev–Trinajstić information content (AvgIpc) is 3.32. The van der Waals surface area contributed by atoms with Crippen molar-refractivity contribution in [3.63, 3.8) is 0 Å². The maximum Gasteiger partial charge on any atom is 0.257 e. The van der Waals surface area contributed by atoms with E-state index in [0.29, 0.717) is 13.0 Å². The number of thiazole rings is 1. The normalized spacial score (nSPS) is 11.0. The Kier molecular flexibility index (Phi) is 6.73. The predicted octanol–water partition coefficient (Wildman–Crippen LogP) is 5.66. The van der Waals surface area contributed by atoms with Crippen LogP contribution in [0.25, 0.3) is 11.1 Å². The van der Waals surface area contributed by atoms with Gasteiger partial charge < -0.3 is 0 Å². The maximum absolute atomic E-state index is 13.5. The lowest BCUT2D eigenvalue weighted by Gasteiger charge is -2.15. The minimum atomic E-state index is 0.0564. The standard InChI is InChI=1S/C26H27N3OS/c1-3-4-10-24-23(26(30)29(19(2)28-24)18-25-27-15-16-31-25)17-20-11-13-22(14-12-20)21-8-6-5-7-9-21/h5-9,11-16H,3-4,10,17-18H2,1-2H3. The molecule has 5 heteroatoms. The van der Waals surface area contributed by atoms with Crippen LogP contribution in [0.2, 0.25) is 0 Å². The molecule has 0 radical (unpaired) electrons. The molecule has 2 heterocycles. The fourth-order valence-electron chi connectivity index (χ4n) is 3.79. The minimum Gasteiger partial charge on any atom is -0.290 e. The zero-order valence-corrected chi connectivity index (χ0v) is 18.9. The van der Waals surface area contributed by atoms with Gasteiger partial charge in [0.05, 0.1) is 12.2 Å². The number of unbranched alkanes of at least 4 members (excludes halogenated alkanes) is 1.